The highest BCUT2D eigenvalue weighted by Gasteiger charge is 2.49. The van der Waals surface area contributed by atoms with Crippen LogP contribution in [0.5, 0.6) is 0 Å². The summed E-state index contributed by atoms with van der Waals surface area (Å²) in [7, 11) is -1.64. The minimum absolute atomic E-state index is 0.262. The van der Waals surface area contributed by atoms with Crippen LogP contribution in [0.15, 0.2) is 59.5 Å². The molecule has 1 aliphatic rings. The van der Waals surface area contributed by atoms with Crippen LogP contribution in [0.2, 0.25) is 0 Å². The lowest BCUT2D eigenvalue weighted by Gasteiger charge is -2.44. The Kier molecular flexibility index (Phi) is 5.14. The number of hydrogen-bond acceptors (Lipinski definition) is 4. The van der Waals surface area contributed by atoms with Gasteiger partial charge in [0.2, 0.25) is 0 Å². The van der Waals surface area contributed by atoms with E-state index in [-0.39, 0.29) is 4.90 Å². The monoisotopic (exact) mass is 388 g/mol. The molecule has 0 bridgehead atoms. The van der Waals surface area contributed by atoms with E-state index in [2.05, 4.69) is 0 Å². The van der Waals surface area contributed by atoms with Gasteiger partial charge in [-0.2, -0.15) is 0 Å². The van der Waals surface area contributed by atoms with Crippen molar-refractivity contribution in [3.63, 3.8) is 0 Å². The molecule has 1 fully saturated rings. The predicted molar refractivity (Wildman–Crippen MR) is 102 cm³/mol. The topological polar surface area (TPSA) is 80.7 Å². The van der Waals surface area contributed by atoms with Gasteiger partial charge in [0.1, 0.15) is 0 Å². The molecular formula is C21H24O5S. The normalized spacial score (nSPS) is 25.9. The summed E-state index contributed by atoms with van der Waals surface area (Å²) in [5.41, 5.74) is 0.166. The predicted octanol–water partition coefficient (Wildman–Crippen LogP) is 3.53. The third-order valence-corrected chi connectivity index (χ3v) is 6.97. The first-order chi connectivity index (χ1) is 12.7. The van der Waals surface area contributed by atoms with Crippen molar-refractivity contribution in [3.8, 4) is 0 Å². The summed E-state index contributed by atoms with van der Waals surface area (Å²) in [6, 6.07) is 16.1. The molecule has 3 rings (SSSR count). The zero-order chi connectivity index (χ0) is 19.7. The number of benzene rings is 2. The van der Waals surface area contributed by atoms with E-state index in [1.165, 1.54) is 6.26 Å². The van der Waals surface area contributed by atoms with Gasteiger partial charge in [-0.05, 0) is 48.9 Å². The van der Waals surface area contributed by atoms with Crippen molar-refractivity contribution in [2.75, 3.05) is 13.4 Å². The van der Waals surface area contributed by atoms with Gasteiger partial charge in [-0.15, -0.1) is 0 Å². The van der Waals surface area contributed by atoms with Crippen molar-refractivity contribution >= 4 is 15.8 Å². The summed E-state index contributed by atoms with van der Waals surface area (Å²) in [4.78, 5) is 12.4. The average Bonchev–Trinajstić information content (AvgIpc) is 2.68. The molecule has 0 atom stereocenters. The summed E-state index contributed by atoms with van der Waals surface area (Å²) in [6.07, 6.45) is 3.17. The Morgan fingerprint density at radius 2 is 1.48 bits per heavy atom. The number of carbonyl (C=O) groups is 1. The maximum atomic E-state index is 12.2. The molecule has 1 saturated carbocycles. The molecule has 5 nitrogen and oxygen atoms in total. The van der Waals surface area contributed by atoms with Crippen molar-refractivity contribution in [2.45, 2.75) is 41.6 Å². The number of ether oxygens (including phenoxy) is 1. The van der Waals surface area contributed by atoms with Crippen LogP contribution >= 0.6 is 0 Å². The summed E-state index contributed by atoms with van der Waals surface area (Å²) in [5, 5.41) is 9.97. The lowest BCUT2D eigenvalue weighted by Crippen LogP contribution is -2.45. The molecule has 0 aromatic heterocycles. The van der Waals surface area contributed by atoms with Crippen molar-refractivity contribution in [1.82, 2.24) is 0 Å². The molecule has 2 aromatic rings. The smallest absolute Gasteiger partial charge is 0.314 e. The standard InChI is InChI=1S/C21H24O5S/c1-26-21(17-8-10-18(11-9-17)27(2,24)25)14-12-20(13-15-21,19(22)23)16-6-4-3-5-7-16/h3-11H,12-15H2,1-2H3,(H,22,23). The van der Waals surface area contributed by atoms with Crippen LogP contribution in [0, 0.1) is 0 Å². The maximum Gasteiger partial charge on any atom is 0.314 e. The zero-order valence-electron chi connectivity index (χ0n) is 15.5. The Bertz CT molecular complexity index is 909. The Hall–Kier alpha value is -2.18. The van der Waals surface area contributed by atoms with Crippen molar-refractivity contribution in [1.29, 1.82) is 0 Å². The van der Waals surface area contributed by atoms with E-state index in [1.807, 2.05) is 30.3 Å². The molecule has 0 heterocycles. The molecule has 0 radical (unpaired) electrons. The largest absolute Gasteiger partial charge is 0.481 e. The highest BCUT2D eigenvalue weighted by molar-refractivity contribution is 7.90. The Morgan fingerprint density at radius 3 is 1.93 bits per heavy atom. The van der Waals surface area contributed by atoms with Crippen LogP contribution in [-0.4, -0.2) is 32.9 Å². The summed E-state index contributed by atoms with van der Waals surface area (Å²) < 4.78 is 29.2. The van der Waals surface area contributed by atoms with Crippen LogP contribution in [-0.2, 0) is 30.4 Å². The van der Waals surface area contributed by atoms with Crippen LogP contribution in [0.4, 0.5) is 0 Å². The van der Waals surface area contributed by atoms with Crippen molar-refractivity contribution in [3.05, 3.63) is 65.7 Å². The van der Waals surface area contributed by atoms with Crippen LogP contribution < -0.4 is 0 Å². The second-order valence-corrected chi connectivity index (χ2v) is 9.26. The van der Waals surface area contributed by atoms with Gasteiger partial charge in [-0.1, -0.05) is 42.5 Å². The molecule has 1 N–H and O–H groups in total. The molecule has 2 aromatic carbocycles. The molecule has 27 heavy (non-hydrogen) atoms. The summed E-state index contributed by atoms with van der Waals surface area (Å²) in [5.74, 6) is -0.814. The lowest BCUT2D eigenvalue weighted by atomic mass is 9.63. The number of aliphatic carboxylic acids is 1. The van der Waals surface area contributed by atoms with Gasteiger partial charge >= 0.3 is 5.97 Å². The number of hydrogen-bond donors (Lipinski definition) is 1. The maximum absolute atomic E-state index is 12.2. The molecule has 0 unspecified atom stereocenters. The molecule has 0 amide bonds. The van der Waals surface area contributed by atoms with E-state index in [0.717, 1.165) is 11.1 Å². The van der Waals surface area contributed by atoms with Crippen molar-refractivity contribution in [2.24, 2.45) is 0 Å². The van der Waals surface area contributed by atoms with Crippen LogP contribution in [0.25, 0.3) is 0 Å². The van der Waals surface area contributed by atoms with E-state index in [0.29, 0.717) is 25.7 Å². The van der Waals surface area contributed by atoms with Crippen LogP contribution in [0.3, 0.4) is 0 Å². The molecule has 6 heteroatoms. The minimum atomic E-state index is -3.26. The Morgan fingerprint density at radius 1 is 0.926 bits per heavy atom. The molecule has 0 aliphatic heterocycles. The molecule has 1 aliphatic carbocycles. The number of methoxy groups -OCH3 is 1. The van der Waals surface area contributed by atoms with Gasteiger partial charge in [0.25, 0.3) is 0 Å². The second kappa shape index (κ2) is 7.09. The fraction of sp³-hybridized carbons (Fsp3) is 0.381. The van der Waals surface area contributed by atoms with Gasteiger partial charge < -0.3 is 9.84 Å². The van der Waals surface area contributed by atoms with Crippen LogP contribution in [0.1, 0.15) is 36.8 Å². The first-order valence-corrected chi connectivity index (χ1v) is 10.8. The van der Waals surface area contributed by atoms with Gasteiger partial charge in [0, 0.05) is 13.4 Å². The SMILES string of the molecule is COC1(c2ccc(S(C)(=O)=O)cc2)CCC(C(=O)O)(c2ccccc2)CC1. The van der Waals surface area contributed by atoms with E-state index in [9.17, 15) is 18.3 Å². The van der Waals surface area contributed by atoms with E-state index in [4.69, 9.17) is 4.74 Å². The molecule has 144 valence electrons. The molecule has 0 saturated heterocycles. The highest BCUT2D eigenvalue weighted by Crippen LogP contribution is 2.49. The fourth-order valence-electron chi connectivity index (χ4n) is 4.08. The van der Waals surface area contributed by atoms with E-state index >= 15 is 0 Å². The first-order valence-electron chi connectivity index (χ1n) is 8.88. The number of carboxylic acids is 1. The van der Waals surface area contributed by atoms with E-state index < -0.39 is 26.8 Å². The van der Waals surface area contributed by atoms with E-state index in [1.54, 1.807) is 31.4 Å². The lowest BCUT2D eigenvalue weighted by molar-refractivity contribution is -0.149. The van der Waals surface area contributed by atoms with Crippen molar-refractivity contribution < 1.29 is 23.1 Å². The minimum Gasteiger partial charge on any atom is -0.481 e. The quantitative estimate of drug-likeness (QED) is 0.847. The Balaban J connectivity index is 1.92. The van der Waals surface area contributed by atoms with Gasteiger partial charge in [0.05, 0.1) is 15.9 Å². The molecular weight excluding hydrogens is 364 g/mol. The number of sulfone groups is 1. The highest BCUT2D eigenvalue weighted by atomic mass is 32.2. The second-order valence-electron chi connectivity index (χ2n) is 7.25. The van der Waals surface area contributed by atoms with Gasteiger partial charge in [0.15, 0.2) is 9.84 Å². The summed E-state index contributed by atoms with van der Waals surface area (Å²) >= 11 is 0. The van der Waals surface area contributed by atoms with Gasteiger partial charge in [-0.3, -0.25) is 4.79 Å². The zero-order valence-corrected chi connectivity index (χ0v) is 16.3. The fourth-order valence-corrected chi connectivity index (χ4v) is 4.71. The first kappa shape index (κ1) is 19.6. The summed E-state index contributed by atoms with van der Waals surface area (Å²) in [6.45, 7) is 0. The third kappa shape index (κ3) is 3.51. The average molecular weight is 388 g/mol. The number of carboxylic acid groups (broad SMARTS) is 1. The third-order valence-electron chi connectivity index (χ3n) is 5.85. The Labute approximate surface area is 159 Å². The molecule has 0 spiro atoms. The number of rotatable bonds is 5. The van der Waals surface area contributed by atoms with Gasteiger partial charge in [-0.25, -0.2) is 8.42 Å².